The smallest absolute Gasteiger partial charge is 0.285 e. The normalized spacial score (nSPS) is 14.9. The maximum Gasteiger partial charge on any atom is 0.285 e. The minimum absolute atomic E-state index is 0.237. The van der Waals surface area contributed by atoms with E-state index in [4.69, 9.17) is 33.3 Å². The fraction of sp³-hybridized carbons (Fsp3) is 0.150. The molecule has 0 atom stereocenters. The molecule has 0 aliphatic carbocycles. The lowest BCUT2D eigenvalue weighted by molar-refractivity contribution is -0.123. The lowest BCUT2D eigenvalue weighted by atomic mass is 10.2. The molecule has 6 nitrogen and oxygen atoms in total. The molecule has 2 amide bonds. The van der Waals surface area contributed by atoms with Crippen LogP contribution >= 0.6 is 58.2 Å². The van der Waals surface area contributed by atoms with Crippen LogP contribution in [0, 0.1) is 3.57 Å². The van der Waals surface area contributed by atoms with Gasteiger partial charge in [-0.3, -0.25) is 15.0 Å². The molecule has 0 radical (unpaired) electrons. The number of methoxy groups -OCH3 is 1. The van der Waals surface area contributed by atoms with Crippen molar-refractivity contribution in [1.82, 2.24) is 10.4 Å². The molecule has 1 aliphatic rings. The molecule has 2 aromatic carbocycles. The highest BCUT2D eigenvalue weighted by Gasteiger charge is 2.34. The van der Waals surface area contributed by atoms with Crippen LogP contribution in [0.5, 0.6) is 11.5 Å². The number of nitrogens with one attached hydrogen (secondary N) is 1. The molecule has 1 fully saturated rings. The molecule has 1 N–H and O–H groups in total. The lowest BCUT2D eigenvalue weighted by Crippen LogP contribution is -2.44. The van der Waals surface area contributed by atoms with E-state index in [0.717, 1.165) is 25.9 Å². The van der Waals surface area contributed by atoms with Gasteiger partial charge >= 0.3 is 0 Å². The van der Waals surface area contributed by atoms with Gasteiger partial charge in [-0.2, -0.15) is 5.01 Å². The number of carbonyl (C=O) groups is 2. The van der Waals surface area contributed by atoms with Crippen molar-refractivity contribution in [1.29, 1.82) is 0 Å². The van der Waals surface area contributed by atoms with Gasteiger partial charge in [-0.1, -0.05) is 23.4 Å². The van der Waals surface area contributed by atoms with E-state index in [1.54, 1.807) is 43.5 Å². The predicted octanol–water partition coefficient (Wildman–Crippen LogP) is 4.90. The van der Waals surface area contributed by atoms with E-state index in [0.29, 0.717) is 33.6 Å². The Balaban J connectivity index is 1.82. The van der Waals surface area contributed by atoms with Gasteiger partial charge in [0.1, 0.15) is 0 Å². The number of benzene rings is 2. The highest BCUT2D eigenvalue weighted by molar-refractivity contribution is 14.1. The van der Waals surface area contributed by atoms with Gasteiger partial charge in [-0.15, -0.1) is 0 Å². The van der Waals surface area contributed by atoms with Crippen molar-refractivity contribution in [2.24, 2.45) is 0 Å². The molecule has 10 heteroatoms. The van der Waals surface area contributed by atoms with Crippen molar-refractivity contribution in [3.8, 4) is 11.5 Å². The average Bonchev–Trinajstić information content (AvgIpc) is 2.97. The topological polar surface area (TPSA) is 67.9 Å². The second-order valence-electron chi connectivity index (χ2n) is 5.93. The minimum atomic E-state index is -0.457. The molecule has 0 aromatic heterocycles. The number of thiocarbonyl (C=S) groups is 1. The van der Waals surface area contributed by atoms with E-state index in [-0.39, 0.29) is 4.32 Å². The number of hydrazine groups is 1. The van der Waals surface area contributed by atoms with Gasteiger partial charge in [0.05, 0.1) is 22.2 Å². The molecule has 156 valence electrons. The van der Waals surface area contributed by atoms with E-state index in [9.17, 15) is 9.59 Å². The second-order valence-corrected chi connectivity index (χ2v) is 9.21. The third-order valence-corrected chi connectivity index (χ3v) is 6.31. The van der Waals surface area contributed by atoms with Crippen LogP contribution in [0.2, 0.25) is 5.02 Å². The van der Waals surface area contributed by atoms with Crippen molar-refractivity contribution < 1.29 is 19.1 Å². The van der Waals surface area contributed by atoms with Gasteiger partial charge in [0.15, 0.2) is 15.8 Å². The van der Waals surface area contributed by atoms with E-state index in [1.165, 1.54) is 0 Å². The maximum absolute atomic E-state index is 12.8. The van der Waals surface area contributed by atoms with Crippen LogP contribution in [0.4, 0.5) is 0 Å². The molecule has 2 aromatic rings. The number of ether oxygens (including phenoxy) is 2. The van der Waals surface area contributed by atoms with Crippen molar-refractivity contribution in [2.75, 3.05) is 13.7 Å². The SMILES string of the molecule is CCOc1c(I)cc(/C=C2/SC(=S)N(NC(=O)c3ccc(Cl)cc3)C2=O)cc1OC. The first-order valence-corrected chi connectivity index (χ1v) is 11.4. The summed E-state index contributed by atoms with van der Waals surface area (Å²) in [5.41, 5.74) is 3.66. The minimum Gasteiger partial charge on any atom is -0.493 e. The Bertz CT molecular complexity index is 1040. The summed E-state index contributed by atoms with van der Waals surface area (Å²) in [6.45, 7) is 2.41. The van der Waals surface area contributed by atoms with Gasteiger partial charge in [0.25, 0.3) is 11.8 Å². The third kappa shape index (κ3) is 5.08. The molecule has 30 heavy (non-hydrogen) atoms. The zero-order valence-corrected chi connectivity index (χ0v) is 20.4. The first-order chi connectivity index (χ1) is 14.3. The van der Waals surface area contributed by atoms with Crippen LogP contribution < -0.4 is 14.9 Å². The van der Waals surface area contributed by atoms with Crippen molar-refractivity contribution in [2.45, 2.75) is 6.92 Å². The number of thioether (sulfide) groups is 1. The molecular formula is C20H16ClIN2O4S2. The summed E-state index contributed by atoms with van der Waals surface area (Å²) in [5, 5.41) is 1.58. The highest BCUT2D eigenvalue weighted by Crippen LogP contribution is 2.37. The Morgan fingerprint density at radius 1 is 1.33 bits per heavy atom. The molecular weight excluding hydrogens is 559 g/mol. The van der Waals surface area contributed by atoms with Crippen molar-refractivity contribution >= 4 is 80.4 Å². The number of rotatable bonds is 6. The van der Waals surface area contributed by atoms with Crippen molar-refractivity contribution in [3.05, 3.63) is 61.0 Å². The van der Waals surface area contributed by atoms with E-state index in [1.807, 2.05) is 13.0 Å². The standard InChI is InChI=1S/C20H16ClIN2O4S2/c1-3-28-17-14(22)8-11(9-15(17)27-2)10-16-19(26)24(20(29)30-16)23-18(25)12-4-6-13(21)7-5-12/h4-10H,3H2,1-2H3,(H,23,25)/b16-10+. The quantitative estimate of drug-likeness (QED) is 0.301. The maximum atomic E-state index is 12.8. The Morgan fingerprint density at radius 3 is 2.67 bits per heavy atom. The molecule has 0 saturated carbocycles. The first-order valence-electron chi connectivity index (χ1n) is 8.69. The fourth-order valence-electron chi connectivity index (χ4n) is 2.59. The summed E-state index contributed by atoms with van der Waals surface area (Å²) in [6.07, 6.45) is 1.70. The number of amides is 2. The van der Waals surface area contributed by atoms with Crippen LogP contribution in [0.3, 0.4) is 0 Å². The van der Waals surface area contributed by atoms with Crippen LogP contribution in [0.15, 0.2) is 41.3 Å². The molecule has 0 unspecified atom stereocenters. The lowest BCUT2D eigenvalue weighted by Gasteiger charge is -2.15. The van der Waals surface area contributed by atoms with Crippen LogP contribution in [-0.4, -0.2) is 34.9 Å². The zero-order chi connectivity index (χ0) is 21.8. The van der Waals surface area contributed by atoms with Crippen molar-refractivity contribution in [3.63, 3.8) is 0 Å². The van der Waals surface area contributed by atoms with Crippen LogP contribution in [0.1, 0.15) is 22.8 Å². The zero-order valence-electron chi connectivity index (χ0n) is 15.9. The summed E-state index contributed by atoms with van der Waals surface area (Å²) in [5.74, 6) is 0.360. The Labute approximate surface area is 202 Å². The van der Waals surface area contributed by atoms with E-state index < -0.39 is 11.8 Å². The van der Waals surface area contributed by atoms with Crippen LogP contribution in [-0.2, 0) is 4.79 Å². The Hall–Kier alpha value is -1.82. The van der Waals surface area contributed by atoms with Crippen LogP contribution in [0.25, 0.3) is 6.08 Å². The Kier molecular flexibility index (Phi) is 7.61. The highest BCUT2D eigenvalue weighted by atomic mass is 127. The molecule has 0 spiro atoms. The van der Waals surface area contributed by atoms with E-state index >= 15 is 0 Å². The number of carbonyl (C=O) groups excluding carboxylic acids is 2. The predicted molar refractivity (Wildman–Crippen MR) is 131 cm³/mol. The van der Waals surface area contributed by atoms with Gasteiger partial charge in [-0.05, 0) is 89.8 Å². The molecule has 1 saturated heterocycles. The van der Waals surface area contributed by atoms with Gasteiger partial charge in [-0.25, -0.2) is 0 Å². The summed E-state index contributed by atoms with van der Waals surface area (Å²) in [6, 6.07) is 10.0. The van der Waals surface area contributed by atoms with Gasteiger partial charge in [0.2, 0.25) is 0 Å². The van der Waals surface area contributed by atoms with Gasteiger partial charge < -0.3 is 9.47 Å². The summed E-state index contributed by atoms with van der Waals surface area (Å²) in [7, 11) is 1.56. The summed E-state index contributed by atoms with van der Waals surface area (Å²) >= 11 is 14.4. The largest absolute Gasteiger partial charge is 0.493 e. The fourth-order valence-corrected chi connectivity index (χ4v) is 4.68. The number of nitrogens with zero attached hydrogens (tertiary/aromatic N) is 1. The average molecular weight is 575 g/mol. The second kappa shape index (κ2) is 9.99. The first kappa shape index (κ1) is 22.9. The molecule has 1 aliphatic heterocycles. The summed E-state index contributed by atoms with van der Waals surface area (Å²) < 4.78 is 12.1. The molecule has 0 bridgehead atoms. The van der Waals surface area contributed by atoms with E-state index in [2.05, 4.69) is 28.0 Å². The summed E-state index contributed by atoms with van der Waals surface area (Å²) in [4.78, 5) is 25.6. The number of halogens is 2. The monoisotopic (exact) mass is 574 g/mol. The third-order valence-electron chi connectivity index (χ3n) is 3.95. The van der Waals surface area contributed by atoms with Gasteiger partial charge in [0, 0.05) is 10.6 Å². The number of hydrogen-bond donors (Lipinski definition) is 1. The number of hydrogen-bond acceptors (Lipinski definition) is 6. The molecule has 1 heterocycles. The Morgan fingerprint density at radius 2 is 2.03 bits per heavy atom. The molecule has 3 rings (SSSR count).